The van der Waals surface area contributed by atoms with Gasteiger partial charge in [0.25, 0.3) is 11.8 Å². The van der Waals surface area contributed by atoms with Gasteiger partial charge in [0.1, 0.15) is 0 Å². The molecule has 0 saturated heterocycles. The Bertz CT molecular complexity index is 1600. The van der Waals surface area contributed by atoms with Crippen LogP contribution in [-0.2, 0) is 22.1 Å². The summed E-state index contributed by atoms with van der Waals surface area (Å²) in [5, 5.41) is 6.03. The van der Waals surface area contributed by atoms with Crippen LogP contribution in [0.4, 0.5) is 17.1 Å². The van der Waals surface area contributed by atoms with Gasteiger partial charge in [-0.25, -0.2) is 4.21 Å². The Balaban J connectivity index is 1.52. The van der Waals surface area contributed by atoms with E-state index in [1.54, 1.807) is 84.9 Å². The van der Waals surface area contributed by atoms with Crippen LogP contribution < -0.4 is 15.5 Å². The molecule has 2 N–H and O–H groups in total. The summed E-state index contributed by atoms with van der Waals surface area (Å²) in [6, 6.07) is 25.5. The Labute approximate surface area is 226 Å². The minimum atomic E-state index is -1.63. The van der Waals surface area contributed by atoms with Crippen LogP contribution >= 0.6 is 11.6 Å². The molecule has 1 atom stereocenters. The summed E-state index contributed by atoms with van der Waals surface area (Å²) in [4.78, 5) is 40.5. The van der Waals surface area contributed by atoms with E-state index in [-0.39, 0.29) is 18.4 Å². The average Bonchev–Trinajstić information content (AvgIpc) is 2.99. The zero-order chi connectivity index (χ0) is 26.8. The van der Waals surface area contributed by atoms with Crippen molar-refractivity contribution in [3.05, 3.63) is 113 Å². The van der Waals surface area contributed by atoms with Gasteiger partial charge in [-0.2, -0.15) is 0 Å². The zero-order valence-electron chi connectivity index (χ0n) is 20.2. The Kier molecular flexibility index (Phi) is 7.09. The molecule has 1 aliphatic heterocycles. The second kappa shape index (κ2) is 10.6. The fraction of sp³-hybridized carbons (Fsp3) is 0.0690. The lowest BCUT2D eigenvalue weighted by molar-refractivity contribution is -0.114. The maximum Gasteiger partial charge on any atom is 0.259 e. The second-order valence-electron chi connectivity index (χ2n) is 8.68. The van der Waals surface area contributed by atoms with E-state index in [9.17, 15) is 18.6 Å². The first-order chi connectivity index (χ1) is 18.3. The smallest absolute Gasteiger partial charge is 0.259 e. The summed E-state index contributed by atoms with van der Waals surface area (Å²) in [6.45, 7) is 1.59. The van der Waals surface area contributed by atoms with Crippen LogP contribution in [0.5, 0.6) is 0 Å². The van der Waals surface area contributed by atoms with Crippen molar-refractivity contribution >= 4 is 57.2 Å². The van der Waals surface area contributed by atoms with Crippen molar-refractivity contribution in [1.29, 1.82) is 0 Å². The van der Waals surface area contributed by atoms with Gasteiger partial charge in [0.15, 0.2) is 0 Å². The first-order valence-corrected chi connectivity index (χ1v) is 13.2. The minimum absolute atomic E-state index is 0.174. The number of benzene rings is 4. The molecule has 38 heavy (non-hydrogen) atoms. The predicted octanol–water partition coefficient (Wildman–Crippen LogP) is 5.88. The molecule has 1 aliphatic rings. The third kappa shape index (κ3) is 5.22. The number of carbonyl (C=O) groups excluding carboxylic acids is 3. The van der Waals surface area contributed by atoms with Crippen LogP contribution in [0.1, 0.15) is 33.2 Å². The number of nitrogens with zero attached hydrogens (tertiary/aromatic N) is 1. The topological polar surface area (TPSA) is 95.6 Å². The van der Waals surface area contributed by atoms with Crippen molar-refractivity contribution in [3.8, 4) is 0 Å². The van der Waals surface area contributed by atoms with Crippen LogP contribution in [-0.4, -0.2) is 21.9 Å². The normalized spacial score (nSPS) is 14.2. The van der Waals surface area contributed by atoms with Gasteiger partial charge in [-0.15, -0.1) is 0 Å². The number of rotatable bonds is 5. The highest BCUT2D eigenvalue weighted by Gasteiger charge is 2.31. The van der Waals surface area contributed by atoms with Gasteiger partial charge in [-0.3, -0.25) is 14.4 Å². The molecule has 0 saturated carbocycles. The molecule has 4 aromatic rings. The fourth-order valence-corrected chi connectivity index (χ4v) is 5.78. The van der Waals surface area contributed by atoms with Crippen molar-refractivity contribution in [1.82, 2.24) is 0 Å². The number of anilines is 3. The molecule has 0 bridgehead atoms. The average molecular weight is 544 g/mol. The van der Waals surface area contributed by atoms with E-state index in [4.69, 9.17) is 11.6 Å². The van der Waals surface area contributed by atoms with Crippen molar-refractivity contribution in [2.24, 2.45) is 0 Å². The maximum atomic E-state index is 13.7. The van der Waals surface area contributed by atoms with Gasteiger partial charge in [0.05, 0.1) is 38.4 Å². The summed E-state index contributed by atoms with van der Waals surface area (Å²) in [6.07, 6.45) is 0. The standard InChI is InChI=1S/C29H22ClN3O4S/c1-18(34)31-22-10-12-23(13-11-22)32-28(35)20-9-14-27-25(16-20)33(17-19-5-4-6-21(30)15-19)29(36)24-7-2-3-8-26(24)38(27)37/h2-16H,17H2,1H3,(H,31,34)(H,32,35)/t38-/m0/s1. The SMILES string of the molecule is CC(=O)Nc1ccc(NC(=O)c2ccc3c(c2)N(Cc2cccc(Cl)c2)C(=O)c2ccccc2[S@@]3=O)cc1. The van der Waals surface area contributed by atoms with Crippen LogP contribution in [0.2, 0.25) is 5.02 Å². The number of carbonyl (C=O) groups is 3. The van der Waals surface area contributed by atoms with Crippen molar-refractivity contribution in [3.63, 3.8) is 0 Å². The molecule has 3 amide bonds. The molecule has 7 nitrogen and oxygen atoms in total. The van der Waals surface area contributed by atoms with E-state index in [0.29, 0.717) is 43.0 Å². The third-order valence-electron chi connectivity index (χ3n) is 5.97. The Morgan fingerprint density at radius 1 is 0.842 bits per heavy atom. The molecule has 9 heteroatoms. The van der Waals surface area contributed by atoms with Gasteiger partial charge in [0.2, 0.25) is 5.91 Å². The lowest BCUT2D eigenvalue weighted by atomic mass is 10.1. The molecule has 0 radical (unpaired) electrons. The highest BCUT2D eigenvalue weighted by atomic mass is 35.5. The summed E-state index contributed by atoms with van der Waals surface area (Å²) < 4.78 is 13.6. The largest absolute Gasteiger partial charge is 0.326 e. The van der Waals surface area contributed by atoms with Crippen molar-refractivity contribution in [2.45, 2.75) is 23.3 Å². The highest BCUT2D eigenvalue weighted by molar-refractivity contribution is 7.85. The lowest BCUT2D eigenvalue weighted by Crippen LogP contribution is -2.30. The molecular weight excluding hydrogens is 522 g/mol. The van der Waals surface area contributed by atoms with E-state index in [1.807, 2.05) is 6.07 Å². The maximum absolute atomic E-state index is 13.7. The molecule has 4 aromatic carbocycles. The van der Waals surface area contributed by atoms with E-state index < -0.39 is 16.7 Å². The van der Waals surface area contributed by atoms with Crippen LogP contribution in [0.15, 0.2) is 101 Å². The van der Waals surface area contributed by atoms with E-state index in [2.05, 4.69) is 10.6 Å². The predicted molar refractivity (Wildman–Crippen MR) is 148 cm³/mol. The molecule has 0 spiro atoms. The quantitative estimate of drug-likeness (QED) is 0.329. The zero-order valence-corrected chi connectivity index (χ0v) is 21.8. The van der Waals surface area contributed by atoms with Gasteiger partial charge in [-0.1, -0.05) is 35.9 Å². The molecule has 1 heterocycles. The van der Waals surface area contributed by atoms with Gasteiger partial charge < -0.3 is 15.5 Å². The molecule has 190 valence electrons. The summed E-state index contributed by atoms with van der Waals surface area (Å²) >= 11 is 6.19. The van der Waals surface area contributed by atoms with Gasteiger partial charge >= 0.3 is 0 Å². The number of halogens is 1. The summed E-state index contributed by atoms with van der Waals surface area (Å²) in [7, 11) is -1.63. The molecule has 0 fully saturated rings. The van der Waals surface area contributed by atoms with Crippen LogP contribution in [0.25, 0.3) is 0 Å². The lowest BCUT2D eigenvalue weighted by Gasteiger charge is -2.24. The van der Waals surface area contributed by atoms with Crippen LogP contribution in [0, 0.1) is 0 Å². The van der Waals surface area contributed by atoms with Gasteiger partial charge in [0, 0.05) is 28.9 Å². The van der Waals surface area contributed by atoms with E-state index in [0.717, 1.165) is 5.56 Å². The Hall–Kier alpha value is -4.27. The first-order valence-electron chi connectivity index (χ1n) is 11.7. The molecule has 0 aliphatic carbocycles. The fourth-order valence-electron chi connectivity index (χ4n) is 4.22. The molecular formula is C29H22ClN3O4S. The number of fused-ring (bicyclic) bond motifs is 2. The minimum Gasteiger partial charge on any atom is -0.326 e. The Morgan fingerprint density at radius 2 is 1.55 bits per heavy atom. The monoisotopic (exact) mass is 543 g/mol. The summed E-state index contributed by atoms with van der Waals surface area (Å²) in [5.41, 5.74) is 2.95. The molecule has 0 unspecified atom stereocenters. The van der Waals surface area contributed by atoms with Crippen LogP contribution in [0.3, 0.4) is 0 Å². The Morgan fingerprint density at radius 3 is 2.26 bits per heavy atom. The summed E-state index contributed by atoms with van der Waals surface area (Å²) in [5.74, 6) is -0.912. The second-order valence-corrected chi connectivity index (χ2v) is 10.5. The number of hydrogen-bond donors (Lipinski definition) is 2. The van der Waals surface area contributed by atoms with Gasteiger partial charge in [-0.05, 0) is 72.3 Å². The van der Waals surface area contributed by atoms with E-state index >= 15 is 0 Å². The highest BCUT2D eigenvalue weighted by Crippen LogP contribution is 2.36. The third-order valence-corrected chi connectivity index (χ3v) is 7.70. The number of amides is 3. The van der Waals surface area contributed by atoms with Crippen molar-refractivity contribution < 1.29 is 18.6 Å². The van der Waals surface area contributed by atoms with E-state index in [1.165, 1.54) is 11.8 Å². The number of nitrogens with one attached hydrogen (secondary N) is 2. The van der Waals surface area contributed by atoms with Crippen molar-refractivity contribution in [2.75, 3.05) is 15.5 Å². The molecule has 0 aromatic heterocycles. The number of hydrogen-bond acceptors (Lipinski definition) is 4. The molecule has 5 rings (SSSR count). The first kappa shape index (κ1) is 25.4.